The van der Waals surface area contributed by atoms with Gasteiger partial charge in [0.2, 0.25) is 9.84 Å². The van der Waals surface area contributed by atoms with E-state index in [1.807, 2.05) is 13.8 Å². The van der Waals surface area contributed by atoms with Gasteiger partial charge in [-0.1, -0.05) is 26.0 Å². The van der Waals surface area contributed by atoms with Crippen LogP contribution in [0.15, 0.2) is 29.2 Å². The first-order valence-corrected chi connectivity index (χ1v) is 8.49. The van der Waals surface area contributed by atoms with Crippen molar-refractivity contribution >= 4 is 15.6 Å². The third-order valence-corrected chi connectivity index (χ3v) is 6.12. The van der Waals surface area contributed by atoms with E-state index in [-0.39, 0.29) is 22.0 Å². The first kappa shape index (κ1) is 16.1. The minimum Gasteiger partial charge on any atom is -0.299 e. The molecule has 1 aromatic carbocycles. The van der Waals surface area contributed by atoms with Gasteiger partial charge in [0.1, 0.15) is 5.78 Å². The maximum Gasteiger partial charge on any atom is 0.341 e. The van der Waals surface area contributed by atoms with Crippen LogP contribution in [0.4, 0.5) is 8.78 Å². The molecule has 1 saturated carbocycles. The number of carbonyl (C=O) groups excluding carboxylic acids is 1. The van der Waals surface area contributed by atoms with Gasteiger partial charge in [0.25, 0.3) is 0 Å². The standard InChI is InChI=1S/C15H18F2O3S/c1-3-15(4-2)12(9-13(15)18)10-5-7-11(8-6-10)21(19,20)14(16)17/h5-8,12,14H,3-4,9H2,1-2H3. The number of hydrogen-bond donors (Lipinski definition) is 0. The third kappa shape index (κ3) is 2.39. The Hall–Kier alpha value is -1.30. The number of sulfone groups is 1. The Morgan fingerprint density at radius 1 is 1.19 bits per heavy atom. The van der Waals surface area contributed by atoms with Crippen molar-refractivity contribution in [3.63, 3.8) is 0 Å². The van der Waals surface area contributed by atoms with Gasteiger partial charge < -0.3 is 0 Å². The molecule has 0 bridgehead atoms. The van der Waals surface area contributed by atoms with Gasteiger partial charge in [-0.2, -0.15) is 8.78 Å². The molecule has 1 atom stereocenters. The van der Waals surface area contributed by atoms with Crippen molar-refractivity contribution in [3.8, 4) is 0 Å². The summed E-state index contributed by atoms with van der Waals surface area (Å²) < 4.78 is 47.7. The van der Waals surface area contributed by atoms with Crippen molar-refractivity contribution in [2.45, 2.75) is 49.7 Å². The van der Waals surface area contributed by atoms with E-state index in [0.29, 0.717) is 6.42 Å². The Bertz CT molecular complexity index is 631. The molecule has 3 nitrogen and oxygen atoms in total. The smallest absolute Gasteiger partial charge is 0.299 e. The molecule has 0 N–H and O–H groups in total. The van der Waals surface area contributed by atoms with E-state index in [1.54, 1.807) is 12.1 Å². The zero-order valence-electron chi connectivity index (χ0n) is 12.0. The maximum absolute atomic E-state index is 12.5. The molecule has 1 fully saturated rings. The molecule has 0 aliphatic heterocycles. The highest BCUT2D eigenvalue weighted by molar-refractivity contribution is 7.91. The summed E-state index contributed by atoms with van der Waals surface area (Å²) in [5, 5.41) is 0. The molecule has 1 aromatic rings. The quantitative estimate of drug-likeness (QED) is 0.835. The predicted molar refractivity (Wildman–Crippen MR) is 75.0 cm³/mol. The second kappa shape index (κ2) is 5.48. The molecule has 1 unspecified atom stereocenters. The van der Waals surface area contributed by atoms with Crippen LogP contribution in [-0.2, 0) is 14.6 Å². The number of alkyl halides is 2. The van der Waals surface area contributed by atoms with Gasteiger partial charge in [-0.3, -0.25) is 4.79 Å². The van der Waals surface area contributed by atoms with E-state index in [1.165, 1.54) is 12.1 Å². The minimum absolute atomic E-state index is 0.0447. The summed E-state index contributed by atoms with van der Waals surface area (Å²) >= 11 is 0. The lowest BCUT2D eigenvalue weighted by Crippen LogP contribution is -2.47. The van der Waals surface area contributed by atoms with Crippen molar-refractivity contribution in [1.29, 1.82) is 0 Å². The molecule has 0 saturated heterocycles. The highest BCUT2D eigenvalue weighted by atomic mass is 32.2. The fraction of sp³-hybridized carbons (Fsp3) is 0.533. The summed E-state index contributed by atoms with van der Waals surface area (Å²) in [4.78, 5) is 11.5. The first-order chi connectivity index (χ1) is 9.79. The van der Waals surface area contributed by atoms with Crippen molar-refractivity contribution in [2.24, 2.45) is 5.41 Å². The summed E-state index contributed by atoms with van der Waals surface area (Å²) in [6.45, 7) is 3.92. The van der Waals surface area contributed by atoms with Gasteiger partial charge >= 0.3 is 5.76 Å². The number of rotatable bonds is 5. The van der Waals surface area contributed by atoms with Crippen LogP contribution in [0.25, 0.3) is 0 Å². The highest BCUT2D eigenvalue weighted by Gasteiger charge is 2.52. The van der Waals surface area contributed by atoms with E-state index >= 15 is 0 Å². The lowest BCUT2D eigenvalue weighted by molar-refractivity contribution is -0.141. The van der Waals surface area contributed by atoms with Crippen LogP contribution in [0, 0.1) is 5.41 Å². The molecule has 2 rings (SSSR count). The molecule has 1 aliphatic carbocycles. The van der Waals surface area contributed by atoms with Gasteiger partial charge in [-0.15, -0.1) is 0 Å². The van der Waals surface area contributed by atoms with Crippen LogP contribution in [0.2, 0.25) is 0 Å². The summed E-state index contributed by atoms with van der Waals surface area (Å²) in [5.41, 5.74) is 0.454. The van der Waals surface area contributed by atoms with Crippen LogP contribution in [0.5, 0.6) is 0 Å². The van der Waals surface area contributed by atoms with Crippen LogP contribution in [-0.4, -0.2) is 20.0 Å². The molecular formula is C15H18F2O3S. The molecule has 0 spiro atoms. The summed E-state index contributed by atoms with van der Waals surface area (Å²) in [7, 11) is -4.56. The third-order valence-electron chi connectivity index (χ3n) is 4.72. The Balaban J connectivity index is 2.31. The first-order valence-electron chi connectivity index (χ1n) is 6.95. The molecule has 0 aromatic heterocycles. The summed E-state index contributed by atoms with van der Waals surface area (Å²) in [6, 6.07) is 5.50. The Kier molecular flexibility index (Phi) is 4.19. The molecule has 116 valence electrons. The fourth-order valence-corrected chi connectivity index (χ4v) is 3.94. The van der Waals surface area contributed by atoms with Gasteiger partial charge in [0.15, 0.2) is 0 Å². The Labute approximate surface area is 123 Å². The van der Waals surface area contributed by atoms with E-state index in [9.17, 15) is 22.0 Å². The van der Waals surface area contributed by atoms with Gasteiger partial charge in [0.05, 0.1) is 4.90 Å². The largest absolute Gasteiger partial charge is 0.341 e. The molecule has 0 heterocycles. The maximum atomic E-state index is 12.5. The fourth-order valence-electron chi connectivity index (χ4n) is 3.21. The van der Waals surface area contributed by atoms with Gasteiger partial charge in [0, 0.05) is 17.8 Å². The van der Waals surface area contributed by atoms with Crippen molar-refractivity contribution in [1.82, 2.24) is 0 Å². The second-order valence-electron chi connectivity index (χ2n) is 5.42. The number of hydrogen-bond acceptors (Lipinski definition) is 3. The minimum atomic E-state index is -4.56. The number of carbonyl (C=O) groups is 1. The lowest BCUT2D eigenvalue weighted by Gasteiger charge is -2.47. The summed E-state index contributed by atoms with van der Waals surface area (Å²) in [5.74, 6) is -3.15. The number of Topliss-reactive ketones (excluding diaryl/α,β-unsaturated/α-hetero) is 1. The van der Waals surface area contributed by atoms with E-state index in [0.717, 1.165) is 18.4 Å². The van der Waals surface area contributed by atoms with E-state index < -0.39 is 15.6 Å². The molecule has 21 heavy (non-hydrogen) atoms. The predicted octanol–water partition coefficient (Wildman–Crippen LogP) is 3.55. The molecule has 0 radical (unpaired) electrons. The van der Waals surface area contributed by atoms with Gasteiger partial charge in [-0.05, 0) is 30.5 Å². The number of benzene rings is 1. The van der Waals surface area contributed by atoms with Crippen LogP contribution in [0.1, 0.15) is 44.6 Å². The number of ketones is 1. The SMILES string of the molecule is CCC1(CC)C(=O)CC1c1ccc(S(=O)(=O)C(F)F)cc1. The van der Waals surface area contributed by atoms with Crippen molar-refractivity contribution < 1.29 is 22.0 Å². The zero-order chi connectivity index (χ0) is 15.8. The average molecular weight is 316 g/mol. The van der Waals surface area contributed by atoms with Crippen LogP contribution < -0.4 is 0 Å². The molecular weight excluding hydrogens is 298 g/mol. The zero-order valence-corrected chi connectivity index (χ0v) is 12.8. The summed E-state index contributed by atoms with van der Waals surface area (Å²) in [6.07, 6.45) is 1.89. The number of halogens is 2. The normalized spacial score (nSPS) is 21.4. The second-order valence-corrected chi connectivity index (χ2v) is 7.34. The molecule has 1 aliphatic rings. The average Bonchev–Trinajstić information content (AvgIpc) is 2.46. The van der Waals surface area contributed by atoms with E-state index in [4.69, 9.17) is 0 Å². The Morgan fingerprint density at radius 2 is 1.71 bits per heavy atom. The van der Waals surface area contributed by atoms with Crippen molar-refractivity contribution in [3.05, 3.63) is 29.8 Å². The van der Waals surface area contributed by atoms with Crippen LogP contribution >= 0.6 is 0 Å². The monoisotopic (exact) mass is 316 g/mol. The highest BCUT2D eigenvalue weighted by Crippen LogP contribution is 2.54. The lowest BCUT2D eigenvalue weighted by atomic mass is 9.54. The van der Waals surface area contributed by atoms with E-state index in [2.05, 4.69) is 0 Å². The Morgan fingerprint density at radius 3 is 2.10 bits per heavy atom. The molecule has 6 heteroatoms. The van der Waals surface area contributed by atoms with Gasteiger partial charge in [-0.25, -0.2) is 8.42 Å². The van der Waals surface area contributed by atoms with Crippen molar-refractivity contribution in [2.75, 3.05) is 0 Å². The molecule has 0 amide bonds. The topological polar surface area (TPSA) is 51.2 Å². The van der Waals surface area contributed by atoms with Crippen LogP contribution in [0.3, 0.4) is 0 Å².